The number of nitrogens with two attached hydrogens (primary N) is 1. The van der Waals surface area contributed by atoms with Crippen molar-refractivity contribution >= 4 is 5.84 Å². The molecular weight excluding hydrogens is 264 g/mol. The van der Waals surface area contributed by atoms with Gasteiger partial charge in [-0.3, -0.25) is 0 Å². The quantitative estimate of drug-likeness (QED) is 0.382. The zero-order valence-electron chi connectivity index (χ0n) is 12.3. The molecule has 3 N–H and O–H groups in total. The molecule has 0 amide bonds. The lowest BCUT2D eigenvalue weighted by Gasteiger charge is -2.12. The van der Waals surface area contributed by atoms with Crippen molar-refractivity contribution in [2.45, 2.75) is 26.4 Å². The van der Waals surface area contributed by atoms with Crippen LogP contribution in [0, 0.1) is 0 Å². The minimum atomic E-state index is 0.0881. The molecule has 110 valence electrons. The molecule has 0 spiro atoms. The maximum absolute atomic E-state index is 8.82. The third-order valence-corrected chi connectivity index (χ3v) is 3.32. The van der Waals surface area contributed by atoms with E-state index < -0.39 is 0 Å². The van der Waals surface area contributed by atoms with Crippen molar-refractivity contribution in [2.24, 2.45) is 10.9 Å². The number of oxime groups is 1. The van der Waals surface area contributed by atoms with Crippen molar-refractivity contribution in [3.05, 3.63) is 65.2 Å². The van der Waals surface area contributed by atoms with Crippen LogP contribution in [0.1, 0.15) is 36.5 Å². The second kappa shape index (κ2) is 6.79. The summed E-state index contributed by atoms with van der Waals surface area (Å²) in [7, 11) is 0. The standard InChI is InChI=1S/C17H20N2O2/c1-12(2)13-7-5-8-15(10-13)21-11-14-6-3-4-9-16(14)17(18)19-20/h3-10,12,20H,11H2,1-2H3,(H2,18,19). The molecule has 4 nitrogen and oxygen atoms in total. The van der Waals surface area contributed by atoms with Crippen molar-refractivity contribution in [2.75, 3.05) is 0 Å². The van der Waals surface area contributed by atoms with Gasteiger partial charge in [0.1, 0.15) is 12.4 Å². The van der Waals surface area contributed by atoms with Gasteiger partial charge in [-0.05, 0) is 23.6 Å². The van der Waals surface area contributed by atoms with Crippen LogP contribution in [0.5, 0.6) is 5.75 Å². The van der Waals surface area contributed by atoms with Crippen LogP contribution in [-0.4, -0.2) is 11.0 Å². The van der Waals surface area contributed by atoms with Crippen LogP contribution in [0.3, 0.4) is 0 Å². The highest BCUT2D eigenvalue weighted by atomic mass is 16.5. The first-order chi connectivity index (χ1) is 10.1. The van der Waals surface area contributed by atoms with Gasteiger partial charge in [-0.2, -0.15) is 0 Å². The van der Waals surface area contributed by atoms with Crippen LogP contribution in [0.2, 0.25) is 0 Å². The molecule has 0 saturated carbocycles. The highest BCUT2D eigenvalue weighted by Gasteiger charge is 2.07. The Morgan fingerprint density at radius 2 is 1.95 bits per heavy atom. The van der Waals surface area contributed by atoms with Gasteiger partial charge in [0, 0.05) is 11.1 Å². The molecule has 0 saturated heterocycles. The smallest absolute Gasteiger partial charge is 0.170 e. The van der Waals surface area contributed by atoms with E-state index in [0.29, 0.717) is 18.1 Å². The highest BCUT2D eigenvalue weighted by Crippen LogP contribution is 2.21. The van der Waals surface area contributed by atoms with Gasteiger partial charge in [0.2, 0.25) is 0 Å². The van der Waals surface area contributed by atoms with Gasteiger partial charge in [0.25, 0.3) is 0 Å². The minimum absolute atomic E-state index is 0.0881. The molecule has 0 radical (unpaired) electrons. The molecule has 21 heavy (non-hydrogen) atoms. The van der Waals surface area contributed by atoms with Crippen molar-refractivity contribution in [1.82, 2.24) is 0 Å². The summed E-state index contributed by atoms with van der Waals surface area (Å²) in [6.45, 7) is 4.66. The molecule has 0 heterocycles. The fraction of sp³-hybridized carbons (Fsp3) is 0.235. The highest BCUT2D eigenvalue weighted by molar-refractivity contribution is 5.98. The summed E-state index contributed by atoms with van der Waals surface area (Å²) >= 11 is 0. The molecule has 4 heteroatoms. The van der Waals surface area contributed by atoms with E-state index in [2.05, 4.69) is 25.1 Å². The fourth-order valence-electron chi connectivity index (χ4n) is 2.07. The van der Waals surface area contributed by atoms with Crippen LogP contribution >= 0.6 is 0 Å². The van der Waals surface area contributed by atoms with Crippen LogP contribution in [0.25, 0.3) is 0 Å². The normalized spacial score (nSPS) is 11.7. The summed E-state index contributed by atoms with van der Waals surface area (Å²) in [5.74, 6) is 1.36. The van der Waals surface area contributed by atoms with E-state index >= 15 is 0 Å². The molecule has 0 atom stereocenters. The predicted octanol–water partition coefficient (Wildman–Crippen LogP) is 3.48. The van der Waals surface area contributed by atoms with Gasteiger partial charge in [-0.15, -0.1) is 0 Å². The Bertz CT molecular complexity index is 636. The Morgan fingerprint density at radius 3 is 2.67 bits per heavy atom. The van der Waals surface area contributed by atoms with Crippen molar-refractivity contribution in [1.29, 1.82) is 0 Å². The summed E-state index contributed by atoms with van der Waals surface area (Å²) in [5, 5.41) is 11.9. The number of nitrogens with zero attached hydrogens (tertiary/aromatic N) is 1. The summed E-state index contributed by atoms with van der Waals surface area (Å²) in [6, 6.07) is 15.5. The maximum Gasteiger partial charge on any atom is 0.170 e. The second-order valence-electron chi connectivity index (χ2n) is 5.16. The predicted molar refractivity (Wildman–Crippen MR) is 83.8 cm³/mol. The van der Waals surface area contributed by atoms with Gasteiger partial charge in [-0.25, -0.2) is 0 Å². The first-order valence-corrected chi connectivity index (χ1v) is 6.90. The lowest BCUT2D eigenvalue weighted by atomic mass is 10.0. The Kier molecular flexibility index (Phi) is 4.82. The van der Waals surface area contributed by atoms with E-state index in [4.69, 9.17) is 15.7 Å². The van der Waals surface area contributed by atoms with E-state index in [1.807, 2.05) is 36.4 Å². The molecule has 0 bridgehead atoms. The van der Waals surface area contributed by atoms with Gasteiger partial charge in [0.05, 0.1) is 0 Å². The molecule has 0 unspecified atom stereocenters. The monoisotopic (exact) mass is 284 g/mol. The van der Waals surface area contributed by atoms with Crippen molar-refractivity contribution in [3.63, 3.8) is 0 Å². The summed E-state index contributed by atoms with van der Waals surface area (Å²) in [4.78, 5) is 0. The fourth-order valence-corrected chi connectivity index (χ4v) is 2.07. The second-order valence-corrected chi connectivity index (χ2v) is 5.16. The zero-order valence-corrected chi connectivity index (χ0v) is 12.3. The maximum atomic E-state index is 8.82. The Hall–Kier alpha value is -2.49. The van der Waals surface area contributed by atoms with E-state index in [-0.39, 0.29) is 5.84 Å². The molecule has 0 aliphatic carbocycles. The number of ether oxygens (including phenoxy) is 1. The lowest BCUT2D eigenvalue weighted by Crippen LogP contribution is -2.16. The minimum Gasteiger partial charge on any atom is -0.489 e. The largest absolute Gasteiger partial charge is 0.489 e. The molecule has 0 aliphatic heterocycles. The van der Waals surface area contributed by atoms with E-state index in [9.17, 15) is 0 Å². The average molecular weight is 284 g/mol. The summed E-state index contributed by atoms with van der Waals surface area (Å²) in [6.07, 6.45) is 0. The molecule has 0 aliphatic rings. The third kappa shape index (κ3) is 3.75. The number of benzene rings is 2. The molecule has 0 fully saturated rings. The number of hydrogen-bond acceptors (Lipinski definition) is 3. The van der Waals surface area contributed by atoms with E-state index in [1.54, 1.807) is 6.07 Å². The van der Waals surface area contributed by atoms with Crippen LogP contribution in [0.4, 0.5) is 0 Å². The number of amidine groups is 1. The SMILES string of the molecule is CC(C)c1cccc(OCc2ccccc2/C(N)=N/O)c1. The lowest BCUT2D eigenvalue weighted by molar-refractivity contribution is 0.304. The molecule has 0 aromatic heterocycles. The number of hydrogen-bond donors (Lipinski definition) is 2. The van der Waals surface area contributed by atoms with Gasteiger partial charge in [0.15, 0.2) is 5.84 Å². The third-order valence-electron chi connectivity index (χ3n) is 3.32. The first-order valence-electron chi connectivity index (χ1n) is 6.90. The first kappa shape index (κ1) is 14.9. The van der Waals surface area contributed by atoms with Crippen molar-refractivity contribution in [3.8, 4) is 5.75 Å². The molecule has 2 aromatic carbocycles. The molecule has 2 aromatic rings. The summed E-state index contributed by atoms with van der Waals surface area (Å²) in [5.41, 5.74) is 8.46. The van der Waals surface area contributed by atoms with Crippen LogP contribution in [-0.2, 0) is 6.61 Å². The van der Waals surface area contributed by atoms with Gasteiger partial charge in [-0.1, -0.05) is 55.4 Å². The molecule has 2 rings (SSSR count). The number of rotatable bonds is 5. The van der Waals surface area contributed by atoms with Crippen LogP contribution in [0.15, 0.2) is 53.7 Å². The molecular formula is C17H20N2O2. The van der Waals surface area contributed by atoms with Gasteiger partial charge < -0.3 is 15.7 Å². The average Bonchev–Trinajstić information content (AvgIpc) is 2.52. The Morgan fingerprint density at radius 1 is 1.19 bits per heavy atom. The Balaban J connectivity index is 2.15. The van der Waals surface area contributed by atoms with Crippen LogP contribution < -0.4 is 10.5 Å². The van der Waals surface area contributed by atoms with Crippen molar-refractivity contribution < 1.29 is 9.94 Å². The summed E-state index contributed by atoms with van der Waals surface area (Å²) < 4.78 is 5.83. The topological polar surface area (TPSA) is 67.8 Å². The zero-order chi connectivity index (χ0) is 15.2. The van der Waals surface area contributed by atoms with E-state index in [1.165, 1.54) is 5.56 Å². The van der Waals surface area contributed by atoms with E-state index in [0.717, 1.165) is 11.3 Å². The van der Waals surface area contributed by atoms with Gasteiger partial charge >= 0.3 is 0 Å². The Labute approximate surface area is 124 Å².